The van der Waals surface area contributed by atoms with Gasteiger partial charge in [0.15, 0.2) is 12.2 Å². The van der Waals surface area contributed by atoms with Gasteiger partial charge in [0.2, 0.25) is 12.2 Å². The summed E-state index contributed by atoms with van der Waals surface area (Å²) in [5.41, 5.74) is 0.712. The molecule has 11 heteroatoms. The van der Waals surface area contributed by atoms with Gasteiger partial charge in [0.25, 0.3) is 0 Å². The van der Waals surface area contributed by atoms with E-state index in [1.54, 1.807) is 30.3 Å². The van der Waals surface area contributed by atoms with E-state index in [1.807, 2.05) is 0 Å². The third kappa shape index (κ3) is 8.19. The van der Waals surface area contributed by atoms with E-state index in [1.165, 1.54) is 6.92 Å². The standard InChI is InChI=1S/C22H27NO10/c1-12(24)29-11-17-20(30-13(2)25)21(31-14(3)26)19(22(33-17)32-15(4)27)23-18(28)10-16-8-6-5-7-9-16/h5-9,17,19-22H,10-11H2,1-4H3,(H,23,28)/t17-,19-,20+,21+,22+/m0/s1. The van der Waals surface area contributed by atoms with Gasteiger partial charge in [-0.3, -0.25) is 24.0 Å². The second-order valence-corrected chi connectivity index (χ2v) is 7.36. The summed E-state index contributed by atoms with van der Waals surface area (Å²) in [6, 6.07) is 7.63. The third-order valence-electron chi connectivity index (χ3n) is 4.52. The van der Waals surface area contributed by atoms with Gasteiger partial charge < -0.3 is 29.0 Å². The maximum atomic E-state index is 12.7. The topological polar surface area (TPSA) is 144 Å². The maximum absolute atomic E-state index is 12.7. The van der Waals surface area contributed by atoms with E-state index in [9.17, 15) is 24.0 Å². The Bertz CT molecular complexity index is 871. The lowest BCUT2D eigenvalue weighted by molar-refractivity contribution is -0.271. The van der Waals surface area contributed by atoms with E-state index in [4.69, 9.17) is 23.7 Å². The van der Waals surface area contributed by atoms with E-state index in [0.717, 1.165) is 20.8 Å². The van der Waals surface area contributed by atoms with Crippen molar-refractivity contribution < 1.29 is 47.7 Å². The molecule has 1 aliphatic rings. The first-order valence-corrected chi connectivity index (χ1v) is 10.2. The highest BCUT2D eigenvalue weighted by molar-refractivity contribution is 5.79. The van der Waals surface area contributed by atoms with E-state index in [2.05, 4.69) is 5.32 Å². The largest absolute Gasteiger partial charge is 0.463 e. The van der Waals surface area contributed by atoms with Gasteiger partial charge in [0, 0.05) is 27.7 Å². The number of carbonyl (C=O) groups is 5. The number of nitrogens with one attached hydrogen (secondary N) is 1. The second-order valence-electron chi connectivity index (χ2n) is 7.36. The van der Waals surface area contributed by atoms with E-state index in [-0.39, 0.29) is 13.0 Å². The van der Waals surface area contributed by atoms with Crippen molar-refractivity contribution in [3.8, 4) is 0 Å². The fourth-order valence-electron chi connectivity index (χ4n) is 3.34. The third-order valence-corrected chi connectivity index (χ3v) is 4.52. The number of carbonyl (C=O) groups excluding carboxylic acids is 5. The number of amides is 1. The molecule has 1 saturated heterocycles. The van der Waals surface area contributed by atoms with Crippen LogP contribution in [-0.4, -0.2) is 67.0 Å². The van der Waals surface area contributed by atoms with Gasteiger partial charge in [-0.15, -0.1) is 0 Å². The van der Waals surface area contributed by atoms with E-state index >= 15 is 0 Å². The lowest BCUT2D eigenvalue weighted by Gasteiger charge is -2.44. The molecular weight excluding hydrogens is 438 g/mol. The van der Waals surface area contributed by atoms with Crippen molar-refractivity contribution in [2.45, 2.75) is 64.8 Å². The van der Waals surface area contributed by atoms with Crippen LogP contribution in [0.3, 0.4) is 0 Å². The van der Waals surface area contributed by atoms with Gasteiger partial charge in [-0.2, -0.15) is 0 Å². The minimum atomic E-state index is -1.42. The average molecular weight is 465 g/mol. The molecular formula is C22H27NO10. The zero-order valence-electron chi connectivity index (χ0n) is 18.8. The van der Waals surface area contributed by atoms with Crippen LogP contribution >= 0.6 is 0 Å². The van der Waals surface area contributed by atoms with Gasteiger partial charge in [-0.05, 0) is 5.56 Å². The summed E-state index contributed by atoms with van der Waals surface area (Å²) in [4.78, 5) is 59.4. The fraction of sp³-hybridized carbons (Fsp3) is 0.500. The van der Waals surface area contributed by atoms with Crippen molar-refractivity contribution in [3.63, 3.8) is 0 Å². The molecule has 0 spiro atoms. The molecule has 0 saturated carbocycles. The summed E-state index contributed by atoms with van der Waals surface area (Å²) in [5, 5.41) is 2.65. The predicted molar refractivity (Wildman–Crippen MR) is 110 cm³/mol. The zero-order chi connectivity index (χ0) is 24.5. The summed E-state index contributed by atoms with van der Waals surface area (Å²) in [5.74, 6) is -3.32. The molecule has 1 amide bonds. The highest BCUT2D eigenvalue weighted by Crippen LogP contribution is 2.28. The van der Waals surface area contributed by atoms with Crippen LogP contribution in [0.2, 0.25) is 0 Å². The van der Waals surface area contributed by atoms with Gasteiger partial charge in [-0.25, -0.2) is 0 Å². The average Bonchev–Trinajstić information content (AvgIpc) is 2.70. The lowest BCUT2D eigenvalue weighted by Crippen LogP contribution is -2.67. The molecule has 180 valence electrons. The van der Waals surface area contributed by atoms with Crippen LogP contribution in [0.5, 0.6) is 0 Å². The first-order chi connectivity index (χ1) is 15.6. The summed E-state index contributed by atoms with van der Waals surface area (Å²) in [6.07, 6.45) is -5.15. The molecule has 1 heterocycles. The first kappa shape index (κ1) is 25.8. The zero-order valence-corrected chi connectivity index (χ0v) is 18.8. The van der Waals surface area contributed by atoms with Crippen molar-refractivity contribution in [3.05, 3.63) is 35.9 Å². The van der Waals surface area contributed by atoms with Crippen molar-refractivity contribution in [2.75, 3.05) is 6.61 Å². The second kappa shape index (κ2) is 12.0. The van der Waals surface area contributed by atoms with Gasteiger partial charge >= 0.3 is 23.9 Å². The number of rotatable bonds is 8. The monoisotopic (exact) mass is 465 g/mol. The number of hydrogen-bond acceptors (Lipinski definition) is 10. The van der Waals surface area contributed by atoms with Crippen LogP contribution in [0.25, 0.3) is 0 Å². The molecule has 0 aromatic heterocycles. The molecule has 2 rings (SSSR count). The SMILES string of the molecule is CC(=O)OC[C@@H]1O[C@@H](OC(C)=O)[C@@H](NC(=O)Cc2ccccc2)[C@@H](OC(C)=O)[C@@H]1OC(C)=O. The molecule has 1 N–H and O–H groups in total. The Hall–Kier alpha value is -3.47. The Morgan fingerprint density at radius 2 is 1.39 bits per heavy atom. The maximum Gasteiger partial charge on any atom is 0.305 e. The molecule has 11 nitrogen and oxygen atoms in total. The summed E-state index contributed by atoms with van der Waals surface area (Å²) in [6.45, 7) is 4.18. The van der Waals surface area contributed by atoms with E-state index in [0.29, 0.717) is 5.56 Å². The van der Waals surface area contributed by atoms with E-state index < -0.39 is 60.4 Å². The van der Waals surface area contributed by atoms with Crippen molar-refractivity contribution >= 4 is 29.8 Å². The van der Waals surface area contributed by atoms with Crippen LogP contribution < -0.4 is 5.32 Å². The predicted octanol–water partition coefficient (Wildman–Crippen LogP) is 0.428. The summed E-state index contributed by atoms with van der Waals surface area (Å²) in [7, 11) is 0. The smallest absolute Gasteiger partial charge is 0.305 e. The molecule has 1 fully saturated rings. The van der Waals surface area contributed by atoms with Gasteiger partial charge in [-0.1, -0.05) is 30.3 Å². The van der Waals surface area contributed by atoms with Gasteiger partial charge in [0.1, 0.15) is 18.8 Å². The Morgan fingerprint density at radius 3 is 1.94 bits per heavy atom. The van der Waals surface area contributed by atoms with Crippen LogP contribution in [-0.2, 0) is 54.1 Å². The molecule has 1 aromatic rings. The molecule has 0 aliphatic carbocycles. The Kier molecular flexibility index (Phi) is 9.34. The highest BCUT2D eigenvalue weighted by Gasteiger charge is 2.52. The van der Waals surface area contributed by atoms with Gasteiger partial charge in [0.05, 0.1) is 6.42 Å². The fourth-order valence-corrected chi connectivity index (χ4v) is 3.34. The minimum Gasteiger partial charge on any atom is -0.463 e. The molecule has 0 unspecified atom stereocenters. The number of ether oxygens (including phenoxy) is 5. The molecule has 0 bridgehead atoms. The van der Waals surface area contributed by atoms with Crippen LogP contribution in [0.1, 0.15) is 33.3 Å². The summed E-state index contributed by atoms with van der Waals surface area (Å²) >= 11 is 0. The van der Waals surface area contributed by atoms with Crippen LogP contribution in [0.15, 0.2) is 30.3 Å². The molecule has 5 atom stereocenters. The van der Waals surface area contributed by atoms with Crippen molar-refractivity contribution in [2.24, 2.45) is 0 Å². The lowest BCUT2D eigenvalue weighted by atomic mass is 9.95. The van der Waals surface area contributed by atoms with Crippen molar-refractivity contribution in [1.29, 1.82) is 0 Å². The van der Waals surface area contributed by atoms with Crippen molar-refractivity contribution in [1.82, 2.24) is 5.32 Å². The molecule has 1 aliphatic heterocycles. The first-order valence-electron chi connectivity index (χ1n) is 10.2. The molecule has 1 aromatic carbocycles. The number of hydrogen-bond donors (Lipinski definition) is 1. The Morgan fingerprint density at radius 1 is 0.818 bits per heavy atom. The quantitative estimate of drug-likeness (QED) is 0.424. The van der Waals surface area contributed by atoms with Crippen LogP contribution in [0, 0.1) is 0 Å². The summed E-state index contributed by atoms with van der Waals surface area (Å²) < 4.78 is 26.6. The number of benzene rings is 1. The molecule has 0 radical (unpaired) electrons. The minimum absolute atomic E-state index is 0.0218. The number of esters is 4. The molecule has 33 heavy (non-hydrogen) atoms. The Labute approximate surface area is 190 Å². The normalized spacial score (nSPS) is 24.2. The Balaban J connectivity index is 2.37. The highest BCUT2D eigenvalue weighted by atomic mass is 16.7. The van der Waals surface area contributed by atoms with Crippen LogP contribution in [0.4, 0.5) is 0 Å².